The number of methoxy groups -OCH3 is 1. The number of hydrogen-bond donors (Lipinski definition) is 0. The Bertz CT molecular complexity index is 380. The second-order valence-electron chi connectivity index (χ2n) is 4.23. The molecule has 1 unspecified atom stereocenters. The summed E-state index contributed by atoms with van der Waals surface area (Å²) in [7, 11) is 1.36. The summed E-state index contributed by atoms with van der Waals surface area (Å²) in [5, 5.41) is 0. The third-order valence-corrected chi connectivity index (χ3v) is 2.55. The molecule has 0 aromatic heterocycles. The molecule has 0 N–H and O–H groups in total. The Balaban J connectivity index is 2.84. The van der Waals surface area contributed by atoms with Crippen molar-refractivity contribution in [3.05, 3.63) is 0 Å². The highest BCUT2D eigenvalue weighted by Crippen LogP contribution is 2.27. The van der Waals surface area contributed by atoms with Gasteiger partial charge < -0.3 is 23.7 Å². The van der Waals surface area contributed by atoms with Gasteiger partial charge in [-0.2, -0.15) is 0 Å². The van der Waals surface area contributed by atoms with Crippen LogP contribution in [0.2, 0.25) is 0 Å². The van der Waals surface area contributed by atoms with E-state index >= 15 is 0 Å². The Hall–Kier alpha value is -1.67. The fourth-order valence-electron chi connectivity index (χ4n) is 1.87. The van der Waals surface area contributed by atoms with Gasteiger partial charge in [-0.25, -0.2) is 0 Å². The molecule has 8 nitrogen and oxygen atoms in total. The van der Waals surface area contributed by atoms with Crippen molar-refractivity contribution < 1.29 is 38.1 Å². The molecular formula is C12H18O8. The fourth-order valence-corrected chi connectivity index (χ4v) is 1.87. The molecule has 0 bridgehead atoms. The van der Waals surface area contributed by atoms with Gasteiger partial charge in [-0.1, -0.05) is 0 Å². The Morgan fingerprint density at radius 2 is 1.50 bits per heavy atom. The maximum atomic E-state index is 11.1. The zero-order valence-electron chi connectivity index (χ0n) is 11.8. The molecule has 0 aromatic rings. The molecule has 1 heterocycles. The number of carbonyl (C=O) groups excluding carboxylic acids is 3. The van der Waals surface area contributed by atoms with Crippen molar-refractivity contribution in [2.75, 3.05) is 13.7 Å². The van der Waals surface area contributed by atoms with Crippen LogP contribution in [0.25, 0.3) is 0 Å². The largest absolute Gasteiger partial charge is 0.463 e. The maximum Gasteiger partial charge on any atom is 0.303 e. The van der Waals surface area contributed by atoms with Crippen molar-refractivity contribution in [3.63, 3.8) is 0 Å². The molecule has 1 saturated heterocycles. The van der Waals surface area contributed by atoms with Crippen LogP contribution in [-0.4, -0.2) is 56.2 Å². The van der Waals surface area contributed by atoms with Crippen LogP contribution in [0.15, 0.2) is 0 Å². The maximum absolute atomic E-state index is 11.1. The van der Waals surface area contributed by atoms with E-state index in [0.29, 0.717) is 0 Å². The molecule has 0 radical (unpaired) electrons. The molecule has 114 valence electrons. The molecular weight excluding hydrogens is 272 g/mol. The second kappa shape index (κ2) is 7.20. The van der Waals surface area contributed by atoms with Crippen LogP contribution in [0.1, 0.15) is 20.8 Å². The van der Waals surface area contributed by atoms with E-state index in [0.717, 1.165) is 0 Å². The van der Waals surface area contributed by atoms with Gasteiger partial charge in [0, 0.05) is 27.9 Å². The van der Waals surface area contributed by atoms with Gasteiger partial charge in [0.2, 0.25) is 0 Å². The predicted octanol–water partition coefficient (Wildman–Crippen LogP) is -0.216. The SMILES string of the molecule is CO[C@@H]1O[C@@H](COC(C)=O)C(OC(C)=O)[C@@H]1OC(C)=O. The summed E-state index contributed by atoms with van der Waals surface area (Å²) in [4.78, 5) is 33.1. The minimum atomic E-state index is -0.915. The Morgan fingerprint density at radius 3 is 1.95 bits per heavy atom. The average molecular weight is 290 g/mol. The first-order chi connectivity index (χ1) is 9.35. The molecule has 0 amide bonds. The number of ether oxygens (including phenoxy) is 5. The van der Waals surface area contributed by atoms with Crippen molar-refractivity contribution in [3.8, 4) is 0 Å². The first kappa shape index (κ1) is 16.4. The van der Waals surface area contributed by atoms with Gasteiger partial charge in [0.05, 0.1) is 0 Å². The summed E-state index contributed by atoms with van der Waals surface area (Å²) in [6.07, 6.45) is -3.48. The molecule has 1 aliphatic heterocycles. The number of hydrogen-bond acceptors (Lipinski definition) is 8. The normalized spacial score (nSPS) is 28.8. The summed E-state index contributed by atoms with van der Waals surface area (Å²) in [6.45, 7) is 3.54. The third kappa shape index (κ3) is 4.46. The van der Waals surface area contributed by atoms with E-state index in [4.69, 9.17) is 23.7 Å². The number of rotatable bonds is 5. The van der Waals surface area contributed by atoms with Crippen LogP contribution in [0, 0.1) is 0 Å². The van der Waals surface area contributed by atoms with Crippen molar-refractivity contribution in [2.45, 2.75) is 45.4 Å². The molecule has 8 heteroatoms. The highest BCUT2D eigenvalue weighted by molar-refractivity contribution is 5.67. The molecule has 20 heavy (non-hydrogen) atoms. The lowest BCUT2D eigenvalue weighted by atomic mass is 10.1. The standard InChI is InChI=1S/C12H18O8/c1-6(13)17-5-9-10(18-7(2)14)11(19-8(3)15)12(16-4)20-9/h9-12H,5H2,1-4H3/t9-,10?,11-,12+/m0/s1. The Labute approximate surface area is 116 Å². The van der Waals surface area contributed by atoms with Crippen molar-refractivity contribution >= 4 is 17.9 Å². The van der Waals surface area contributed by atoms with E-state index in [-0.39, 0.29) is 6.61 Å². The first-order valence-electron chi connectivity index (χ1n) is 6.01. The minimum absolute atomic E-state index is 0.134. The van der Waals surface area contributed by atoms with Crippen LogP contribution < -0.4 is 0 Å². The van der Waals surface area contributed by atoms with Gasteiger partial charge in [-0.15, -0.1) is 0 Å². The van der Waals surface area contributed by atoms with Crippen LogP contribution in [0.3, 0.4) is 0 Å². The Morgan fingerprint density at radius 1 is 0.950 bits per heavy atom. The molecule has 4 atom stereocenters. The average Bonchev–Trinajstić information content (AvgIpc) is 2.63. The summed E-state index contributed by atoms with van der Waals surface area (Å²) in [5.41, 5.74) is 0. The summed E-state index contributed by atoms with van der Waals surface area (Å²) < 4.78 is 25.5. The number of esters is 3. The summed E-state index contributed by atoms with van der Waals surface area (Å²) in [6, 6.07) is 0. The molecule has 0 saturated carbocycles. The van der Waals surface area contributed by atoms with Crippen molar-refractivity contribution in [1.29, 1.82) is 0 Å². The second-order valence-corrected chi connectivity index (χ2v) is 4.23. The zero-order chi connectivity index (χ0) is 15.3. The predicted molar refractivity (Wildman–Crippen MR) is 63.4 cm³/mol. The van der Waals surface area contributed by atoms with Crippen LogP contribution in [0.4, 0.5) is 0 Å². The van der Waals surface area contributed by atoms with Gasteiger partial charge in [0.25, 0.3) is 0 Å². The van der Waals surface area contributed by atoms with E-state index in [1.165, 1.54) is 27.9 Å². The summed E-state index contributed by atoms with van der Waals surface area (Å²) in [5.74, 6) is -1.63. The monoisotopic (exact) mass is 290 g/mol. The molecule has 0 spiro atoms. The molecule has 1 aliphatic rings. The van der Waals surface area contributed by atoms with E-state index < -0.39 is 42.5 Å². The van der Waals surface area contributed by atoms with E-state index in [1.807, 2.05) is 0 Å². The lowest BCUT2D eigenvalue weighted by molar-refractivity contribution is -0.181. The zero-order valence-corrected chi connectivity index (χ0v) is 11.8. The molecule has 1 fully saturated rings. The van der Waals surface area contributed by atoms with Crippen LogP contribution in [0.5, 0.6) is 0 Å². The van der Waals surface area contributed by atoms with Crippen LogP contribution in [-0.2, 0) is 38.1 Å². The highest BCUT2D eigenvalue weighted by Gasteiger charge is 2.49. The lowest BCUT2D eigenvalue weighted by Gasteiger charge is -2.22. The van der Waals surface area contributed by atoms with Gasteiger partial charge in [-0.05, 0) is 0 Å². The number of carbonyl (C=O) groups is 3. The smallest absolute Gasteiger partial charge is 0.303 e. The molecule has 1 rings (SSSR count). The minimum Gasteiger partial charge on any atom is -0.463 e. The van der Waals surface area contributed by atoms with E-state index in [1.54, 1.807) is 0 Å². The van der Waals surface area contributed by atoms with Gasteiger partial charge in [0.1, 0.15) is 12.7 Å². The molecule has 0 aliphatic carbocycles. The fraction of sp³-hybridized carbons (Fsp3) is 0.750. The van der Waals surface area contributed by atoms with Gasteiger partial charge >= 0.3 is 17.9 Å². The quantitative estimate of drug-likeness (QED) is 0.506. The highest BCUT2D eigenvalue weighted by atomic mass is 16.7. The van der Waals surface area contributed by atoms with Crippen molar-refractivity contribution in [2.24, 2.45) is 0 Å². The first-order valence-corrected chi connectivity index (χ1v) is 6.01. The van der Waals surface area contributed by atoms with Crippen LogP contribution >= 0.6 is 0 Å². The Kier molecular flexibility index (Phi) is 5.90. The molecule has 0 aromatic carbocycles. The van der Waals surface area contributed by atoms with Gasteiger partial charge in [-0.3, -0.25) is 14.4 Å². The lowest BCUT2D eigenvalue weighted by Crippen LogP contribution is -2.41. The van der Waals surface area contributed by atoms with E-state index in [2.05, 4.69) is 0 Å². The van der Waals surface area contributed by atoms with E-state index in [9.17, 15) is 14.4 Å². The summed E-state index contributed by atoms with van der Waals surface area (Å²) >= 11 is 0. The van der Waals surface area contributed by atoms with Crippen molar-refractivity contribution in [1.82, 2.24) is 0 Å². The topological polar surface area (TPSA) is 97.4 Å². The van der Waals surface area contributed by atoms with Gasteiger partial charge in [0.15, 0.2) is 18.5 Å². The third-order valence-electron chi connectivity index (χ3n) is 2.55.